The Bertz CT molecular complexity index is 1170. The molecule has 5 heteroatoms. The fourth-order valence-electron chi connectivity index (χ4n) is 3.19. The van der Waals surface area contributed by atoms with E-state index in [9.17, 15) is 8.42 Å². The van der Waals surface area contributed by atoms with Crippen LogP contribution in [0.15, 0.2) is 94.7 Å². The quantitative estimate of drug-likeness (QED) is 0.524. The Morgan fingerprint density at radius 3 is 2.11 bits per heavy atom. The molecule has 0 aliphatic rings. The first kappa shape index (κ1) is 17.4. The summed E-state index contributed by atoms with van der Waals surface area (Å²) in [5.41, 5.74) is 1.31. The van der Waals surface area contributed by atoms with Gasteiger partial charge in [-0.2, -0.15) is 0 Å². The summed E-state index contributed by atoms with van der Waals surface area (Å²) in [5, 5.41) is 0.667. The number of para-hydroxylation sites is 2. The Morgan fingerprint density at radius 2 is 1.41 bits per heavy atom. The smallest absolute Gasteiger partial charge is 0.209 e. The molecule has 4 aromatic rings. The van der Waals surface area contributed by atoms with E-state index in [1.807, 2.05) is 61.5 Å². The van der Waals surface area contributed by atoms with E-state index in [-0.39, 0.29) is 9.79 Å². The summed E-state index contributed by atoms with van der Waals surface area (Å²) in [6.07, 6.45) is -0.465. The highest BCUT2D eigenvalue weighted by Crippen LogP contribution is 2.36. The average molecular weight is 377 g/mol. The number of hydrogen-bond donors (Lipinski definition) is 1. The molecule has 27 heavy (non-hydrogen) atoms. The van der Waals surface area contributed by atoms with Gasteiger partial charge < -0.3 is 9.72 Å². The van der Waals surface area contributed by atoms with Gasteiger partial charge in [-0.25, -0.2) is 8.42 Å². The lowest BCUT2D eigenvalue weighted by Crippen LogP contribution is -2.10. The van der Waals surface area contributed by atoms with Crippen LogP contribution in [0.4, 0.5) is 0 Å². The monoisotopic (exact) mass is 377 g/mol. The molecular formula is C22H19NO3S. The first-order valence-electron chi connectivity index (χ1n) is 8.70. The Labute approximate surface area is 158 Å². The van der Waals surface area contributed by atoms with Gasteiger partial charge in [-0.3, -0.25) is 0 Å². The molecule has 0 bridgehead atoms. The second-order valence-electron chi connectivity index (χ2n) is 6.30. The summed E-state index contributed by atoms with van der Waals surface area (Å²) >= 11 is 0. The van der Waals surface area contributed by atoms with Crippen LogP contribution in [0.3, 0.4) is 0 Å². The molecule has 0 fully saturated rings. The van der Waals surface area contributed by atoms with Crippen molar-refractivity contribution in [3.8, 4) is 5.75 Å². The number of hydrogen-bond acceptors (Lipinski definition) is 3. The third-order valence-electron chi connectivity index (χ3n) is 4.47. The van der Waals surface area contributed by atoms with Crippen molar-refractivity contribution in [2.75, 3.05) is 0 Å². The Balaban J connectivity index is 1.88. The molecule has 1 atom stereocenters. The zero-order valence-electron chi connectivity index (χ0n) is 14.8. The lowest BCUT2D eigenvalue weighted by molar-refractivity contribution is 0.219. The molecule has 0 spiro atoms. The third-order valence-corrected chi connectivity index (χ3v) is 6.34. The predicted octanol–water partition coefficient (Wildman–Crippen LogP) is 5.14. The van der Waals surface area contributed by atoms with Crippen LogP contribution < -0.4 is 4.74 Å². The number of nitrogens with one attached hydrogen (secondary N) is 1. The zero-order valence-corrected chi connectivity index (χ0v) is 15.6. The average Bonchev–Trinajstić information content (AvgIpc) is 3.10. The molecule has 0 saturated heterocycles. The van der Waals surface area contributed by atoms with E-state index in [0.29, 0.717) is 16.8 Å². The number of sulfone groups is 1. The van der Waals surface area contributed by atoms with E-state index in [4.69, 9.17) is 4.74 Å². The molecule has 1 heterocycles. The SMILES string of the molecule is CC(Oc1ccccc1)c1[nH]c2ccccc2c1S(=O)(=O)c1ccccc1. The van der Waals surface area contributed by atoms with E-state index >= 15 is 0 Å². The summed E-state index contributed by atoms with van der Waals surface area (Å²) in [6.45, 7) is 1.85. The molecule has 4 nitrogen and oxygen atoms in total. The van der Waals surface area contributed by atoms with Crippen molar-refractivity contribution >= 4 is 20.7 Å². The largest absolute Gasteiger partial charge is 0.484 e. The van der Waals surface area contributed by atoms with Crippen molar-refractivity contribution in [1.82, 2.24) is 4.98 Å². The summed E-state index contributed by atoms with van der Waals surface area (Å²) in [6, 6.07) is 25.3. The standard InChI is InChI=1S/C22H19NO3S/c1-16(26-17-10-4-2-5-11-17)21-22(19-14-8-9-15-20(19)23-21)27(24,25)18-12-6-3-7-13-18/h2-16,23H,1H3. The fraction of sp³-hybridized carbons (Fsp3) is 0.0909. The van der Waals surface area contributed by atoms with Crippen LogP contribution >= 0.6 is 0 Å². The van der Waals surface area contributed by atoms with Crippen molar-refractivity contribution in [2.45, 2.75) is 22.8 Å². The van der Waals surface area contributed by atoms with Crippen LogP contribution in [0.1, 0.15) is 18.7 Å². The summed E-state index contributed by atoms with van der Waals surface area (Å²) < 4.78 is 32.8. The van der Waals surface area contributed by atoms with Gasteiger partial charge in [0, 0.05) is 10.9 Å². The second kappa shape index (κ2) is 6.93. The van der Waals surface area contributed by atoms with E-state index in [1.54, 1.807) is 30.3 Å². The van der Waals surface area contributed by atoms with E-state index in [2.05, 4.69) is 4.98 Å². The van der Waals surface area contributed by atoms with Gasteiger partial charge in [0.1, 0.15) is 16.7 Å². The molecule has 4 rings (SSSR count). The van der Waals surface area contributed by atoms with Crippen molar-refractivity contribution in [3.05, 3.63) is 90.6 Å². The molecule has 0 aliphatic heterocycles. The van der Waals surface area contributed by atoms with Crippen LogP contribution in [-0.4, -0.2) is 13.4 Å². The number of rotatable bonds is 5. The predicted molar refractivity (Wildman–Crippen MR) is 106 cm³/mol. The molecule has 0 saturated carbocycles. The van der Waals surface area contributed by atoms with Crippen LogP contribution in [0.2, 0.25) is 0 Å². The third kappa shape index (κ3) is 3.22. The van der Waals surface area contributed by atoms with Crippen molar-refractivity contribution < 1.29 is 13.2 Å². The lowest BCUT2D eigenvalue weighted by Gasteiger charge is -2.16. The molecule has 0 aliphatic carbocycles. The van der Waals surface area contributed by atoms with Gasteiger partial charge in [-0.1, -0.05) is 54.6 Å². The fourth-order valence-corrected chi connectivity index (χ4v) is 4.92. The minimum absolute atomic E-state index is 0.267. The molecule has 0 radical (unpaired) electrons. The van der Waals surface area contributed by atoms with Crippen molar-refractivity contribution in [1.29, 1.82) is 0 Å². The van der Waals surface area contributed by atoms with Gasteiger partial charge in [-0.15, -0.1) is 0 Å². The molecular weight excluding hydrogens is 358 g/mol. The van der Waals surface area contributed by atoms with Crippen LogP contribution in [0, 0.1) is 0 Å². The maximum Gasteiger partial charge on any atom is 0.209 e. The van der Waals surface area contributed by atoms with Gasteiger partial charge in [0.25, 0.3) is 0 Å². The normalized spacial score (nSPS) is 12.8. The molecule has 1 unspecified atom stereocenters. The van der Waals surface area contributed by atoms with Crippen molar-refractivity contribution in [2.24, 2.45) is 0 Å². The van der Waals surface area contributed by atoms with Gasteiger partial charge in [-0.05, 0) is 37.3 Å². The molecule has 1 N–H and O–H groups in total. The highest BCUT2D eigenvalue weighted by Gasteiger charge is 2.29. The second-order valence-corrected chi connectivity index (χ2v) is 8.19. The minimum Gasteiger partial charge on any atom is -0.484 e. The first-order valence-corrected chi connectivity index (χ1v) is 10.2. The van der Waals surface area contributed by atoms with E-state index in [0.717, 1.165) is 5.52 Å². The number of H-pyrrole nitrogens is 1. The number of ether oxygens (including phenoxy) is 1. The summed E-state index contributed by atoms with van der Waals surface area (Å²) in [7, 11) is -3.70. The molecule has 3 aromatic carbocycles. The number of fused-ring (bicyclic) bond motifs is 1. The first-order chi connectivity index (χ1) is 13.1. The van der Waals surface area contributed by atoms with Gasteiger partial charge in [0.2, 0.25) is 9.84 Å². The van der Waals surface area contributed by atoms with E-state index in [1.165, 1.54) is 0 Å². The molecule has 0 amide bonds. The van der Waals surface area contributed by atoms with Crippen LogP contribution in [-0.2, 0) is 9.84 Å². The maximum atomic E-state index is 13.4. The Hall–Kier alpha value is -3.05. The van der Waals surface area contributed by atoms with Crippen LogP contribution in [0.5, 0.6) is 5.75 Å². The molecule has 1 aromatic heterocycles. The number of aromatic amines is 1. The highest BCUT2D eigenvalue weighted by atomic mass is 32.2. The van der Waals surface area contributed by atoms with Crippen LogP contribution in [0.25, 0.3) is 10.9 Å². The maximum absolute atomic E-state index is 13.4. The lowest BCUT2D eigenvalue weighted by atomic mass is 10.2. The topological polar surface area (TPSA) is 59.2 Å². The highest BCUT2D eigenvalue weighted by molar-refractivity contribution is 7.91. The molecule has 136 valence electrons. The Kier molecular flexibility index (Phi) is 4.46. The van der Waals surface area contributed by atoms with Crippen molar-refractivity contribution in [3.63, 3.8) is 0 Å². The minimum atomic E-state index is -3.70. The number of benzene rings is 3. The van der Waals surface area contributed by atoms with Gasteiger partial charge >= 0.3 is 0 Å². The van der Waals surface area contributed by atoms with E-state index < -0.39 is 15.9 Å². The van der Waals surface area contributed by atoms with Gasteiger partial charge in [0.05, 0.1) is 10.6 Å². The summed E-state index contributed by atoms with van der Waals surface area (Å²) in [5.74, 6) is 0.687. The van der Waals surface area contributed by atoms with Gasteiger partial charge in [0.15, 0.2) is 0 Å². The Morgan fingerprint density at radius 1 is 0.815 bits per heavy atom. The summed E-state index contributed by atoms with van der Waals surface area (Å²) in [4.78, 5) is 3.79. The zero-order chi connectivity index (χ0) is 18.9. The number of aromatic nitrogens is 1.